The fraction of sp³-hybridized carbons (Fsp3) is 0.316. The summed E-state index contributed by atoms with van der Waals surface area (Å²) in [5, 5.41) is 16.6. The summed E-state index contributed by atoms with van der Waals surface area (Å²) in [6.45, 7) is 0.575. The highest BCUT2D eigenvalue weighted by molar-refractivity contribution is 6.30. The summed E-state index contributed by atoms with van der Waals surface area (Å²) in [6.07, 6.45) is -1.45. The second-order valence-electron chi connectivity index (χ2n) is 6.26. The highest BCUT2D eigenvalue weighted by Crippen LogP contribution is 2.18. The SMILES string of the molecule is O=C(NCc1ccc(F)cc1)O[C@@H]1[C@@H](O)CN[C@@H]1Cc1ccc(Cl)cc1. The molecule has 26 heavy (non-hydrogen) atoms. The Labute approximate surface area is 156 Å². The number of hydrogen-bond donors (Lipinski definition) is 3. The van der Waals surface area contributed by atoms with Crippen molar-refractivity contribution in [3.05, 3.63) is 70.5 Å². The van der Waals surface area contributed by atoms with Gasteiger partial charge in [0.2, 0.25) is 0 Å². The minimum Gasteiger partial charge on any atom is -0.442 e. The van der Waals surface area contributed by atoms with Crippen LogP contribution in [0.1, 0.15) is 11.1 Å². The van der Waals surface area contributed by atoms with Gasteiger partial charge in [-0.15, -0.1) is 0 Å². The Kier molecular flexibility index (Phi) is 6.08. The Morgan fingerprint density at radius 1 is 1.19 bits per heavy atom. The predicted molar refractivity (Wildman–Crippen MR) is 96.5 cm³/mol. The zero-order valence-electron chi connectivity index (χ0n) is 14.0. The van der Waals surface area contributed by atoms with Crippen LogP contribution < -0.4 is 10.6 Å². The molecule has 0 spiro atoms. The van der Waals surface area contributed by atoms with Crippen LogP contribution in [0.3, 0.4) is 0 Å². The molecule has 3 rings (SSSR count). The van der Waals surface area contributed by atoms with Crippen LogP contribution in [0.5, 0.6) is 0 Å². The van der Waals surface area contributed by atoms with Crippen LogP contribution >= 0.6 is 11.6 Å². The molecule has 1 saturated heterocycles. The van der Waals surface area contributed by atoms with E-state index in [1.165, 1.54) is 12.1 Å². The molecule has 3 N–H and O–H groups in total. The zero-order chi connectivity index (χ0) is 18.5. The van der Waals surface area contributed by atoms with Crippen LogP contribution in [-0.4, -0.2) is 36.0 Å². The van der Waals surface area contributed by atoms with Crippen LogP contribution in [-0.2, 0) is 17.7 Å². The lowest BCUT2D eigenvalue weighted by Gasteiger charge is -2.22. The smallest absolute Gasteiger partial charge is 0.407 e. The molecule has 1 amide bonds. The Morgan fingerprint density at radius 2 is 1.85 bits per heavy atom. The zero-order valence-corrected chi connectivity index (χ0v) is 14.7. The summed E-state index contributed by atoms with van der Waals surface area (Å²) in [5.41, 5.74) is 1.78. The molecular weight excluding hydrogens is 359 g/mol. The molecule has 138 valence electrons. The number of β-amino-alcohol motifs (C(OH)–C–C–N with tert-alkyl or cyclic N) is 1. The predicted octanol–water partition coefficient (Wildman–Crippen LogP) is 2.65. The van der Waals surface area contributed by atoms with Crippen molar-refractivity contribution in [2.24, 2.45) is 0 Å². The number of ether oxygens (including phenoxy) is 1. The second kappa shape index (κ2) is 8.49. The summed E-state index contributed by atoms with van der Waals surface area (Å²) >= 11 is 5.89. The van der Waals surface area contributed by atoms with Crippen LogP contribution in [0.4, 0.5) is 9.18 Å². The van der Waals surface area contributed by atoms with E-state index in [4.69, 9.17) is 16.3 Å². The first-order chi connectivity index (χ1) is 12.5. The van der Waals surface area contributed by atoms with Crippen LogP contribution in [0, 0.1) is 5.82 Å². The maximum Gasteiger partial charge on any atom is 0.407 e. The van der Waals surface area contributed by atoms with Crippen molar-refractivity contribution in [1.29, 1.82) is 0 Å². The van der Waals surface area contributed by atoms with Crippen molar-refractivity contribution in [1.82, 2.24) is 10.6 Å². The summed E-state index contributed by atoms with van der Waals surface area (Å²) in [4.78, 5) is 12.1. The van der Waals surface area contributed by atoms with Gasteiger partial charge in [-0.2, -0.15) is 0 Å². The van der Waals surface area contributed by atoms with E-state index in [0.29, 0.717) is 18.0 Å². The highest BCUT2D eigenvalue weighted by Gasteiger charge is 2.37. The lowest BCUT2D eigenvalue weighted by atomic mass is 10.0. The average molecular weight is 379 g/mol. The second-order valence-corrected chi connectivity index (χ2v) is 6.70. The molecule has 7 heteroatoms. The van der Waals surface area contributed by atoms with Gasteiger partial charge in [0, 0.05) is 18.1 Å². The maximum atomic E-state index is 12.9. The van der Waals surface area contributed by atoms with Crippen LogP contribution in [0.15, 0.2) is 48.5 Å². The van der Waals surface area contributed by atoms with Gasteiger partial charge in [0.05, 0.1) is 6.04 Å². The van der Waals surface area contributed by atoms with Gasteiger partial charge in [0.1, 0.15) is 18.0 Å². The standard InChI is InChI=1S/C19H20ClFN2O3/c20-14-5-1-12(2-6-14)9-16-18(17(24)11-22-16)26-19(25)23-10-13-3-7-15(21)8-4-13/h1-8,16-18,22,24H,9-11H2,(H,23,25)/t16-,17+,18+/m1/s1. The Balaban J connectivity index is 1.54. The molecule has 3 atom stereocenters. The molecule has 5 nitrogen and oxygen atoms in total. The number of carbonyl (C=O) groups excluding carboxylic acids is 1. The van der Waals surface area contributed by atoms with E-state index in [2.05, 4.69) is 10.6 Å². The fourth-order valence-corrected chi connectivity index (χ4v) is 3.06. The molecule has 0 aromatic heterocycles. The number of nitrogens with one attached hydrogen (secondary N) is 2. The molecular formula is C19H20ClFN2O3. The van der Waals surface area contributed by atoms with Crippen molar-refractivity contribution in [2.45, 2.75) is 31.2 Å². The van der Waals surface area contributed by atoms with Gasteiger partial charge in [-0.05, 0) is 41.8 Å². The fourth-order valence-electron chi connectivity index (χ4n) is 2.94. The summed E-state index contributed by atoms with van der Waals surface area (Å²) in [5.74, 6) is -0.332. The normalized spacial score (nSPS) is 22.2. The third-order valence-corrected chi connectivity index (χ3v) is 4.58. The van der Waals surface area contributed by atoms with Crippen molar-refractivity contribution < 1.29 is 19.0 Å². The molecule has 1 aliphatic rings. The topological polar surface area (TPSA) is 70.6 Å². The van der Waals surface area contributed by atoms with Gasteiger partial charge in [-0.25, -0.2) is 9.18 Å². The molecule has 0 unspecified atom stereocenters. The van der Waals surface area contributed by atoms with Crippen LogP contribution in [0.25, 0.3) is 0 Å². The Bertz CT molecular complexity index is 739. The number of aliphatic hydroxyl groups excluding tert-OH is 1. The van der Waals surface area contributed by atoms with E-state index < -0.39 is 18.3 Å². The van der Waals surface area contributed by atoms with Crippen molar-refractivity contribution >= 4 is 17.7 Å². The first-order valence-electron chi connectivity index (χ1n) is 8.36. The maximum absolute atomic E-state index is 12.9. The lowest BCUT2D eigenvalue weighted by Crippen LogP contribution is -2.41. The molecule has 2 aromatic rings. The number of amides is 1. The van der Waals surface area contributed by atoms with Gasteiger partial charge in [0.15, 0.2) is 0 Å². The van der Waals surface area contributed by atoms with Gasteiger partial charge in [-0.1, -0.05) is 35.9 Å². The number of hydrogen-bond acceptors (Lipinski definition) is 4. The molecule has 2 aromatic carbocycles. The average Bonchev–Trinajstić information content (AvgIpc) is 2.96. The Hall–Kier alpha value is -2.15. The molecule has 1 fully saturated rings. The largest absolute Gasteiger partial charge is 0.442 e. The van der Waals surface area contributed by atoms with E-state index in [1.807, 2.05) is 12.1 Å². The monoisotopic (exact) mass is 378 g/mol. The molecule has 0 bridgehead atoms. The number of alkyl carbamates (subject to hydrolysis) is 1. The molecule has 1 heterocycles. The van der Waals surface area contributed by atoms with Crippen molar-refractivity contribution in [3.8, 4) is 0 Å². The highest BCUT2D eigenvalue weighted by atomic mass is 35.5. The van der Waals surface area contributed by atoms with Gasteiger partial charge >= 0.3 is 6.09 Å². The minimum atomic E-state index is -0.774. The molecule has 0 saturated carbocycles. The number of benzene rings is 2. The minimum absolute atomic E-state index is 0.192. The van der Waals surface area contributed by atoms with Gasteiger partial charge in [0.25, 0.3) is 0 Å². The van der Waals surface area contributed by atoms with Crippen LogP contribution in [0.2, 0.25) is 5.02 Å². The number of halogens is 2. The van der Waals surface area contributed by atoms with Crippen molar-refractivity contribution in [2.75, 3.05) is 6.54 Å². The van der Waals surface area contributed by atoms with E-state index in [0.717, 1.165) is 11.1 Å². The number of carbonyl (C=O) groups is 1. The number of aliphatic hydroxyl groups is 1. The summed E-state index contributed by atoms with van der Waals surface area (Å²) in [6, 6.07) is 13.0. The first kappa shape index (κ1) is 18.6. The lowest BCUT2D eigenvalue weighted by molar-refractivity contribution is 0.0188. The van der Waals surface area contributed by atoms with Crippen molar-refractivity contribution in [3.63, 3.8) is 0 Å². The summed E-state index contributed by atoms with van der Waals surface area (Å²) < 4.78 is 18.3. The Morgan fingerprint density at radius 3 is 2.54 bits per heavy atom. The number of rotatable bonds is 5. The van der Waals surface area contributed by atoms with E-state index in [-0.39, 0.29) is 18.4 Å². The van der Waals surface area contributed by atoms with E-state index in [1.54, 1.807) is 24.3 Å². The van der Waals surface area contributed by atoms with Gasteiger partial charge < -0.3 is 20.5 Å². The third-order valence-electron chi connectivity index (χ3n) is 4.33. The third kappa shape index (κ3) is 4.94. The molecule has 0 aliphatic carbocycles. The van der Waals surface area contributed by atoms with Gasteiger partial charge in [-0.3, -0.25) is 0 Å². The molecule has 0 radical (unpaired) electrons. The quantitative estimate of drug-likeness (QED) is 0.748. The first-order valence-corrected chi connectivity index (χ1v) is 8.74. The van der Waals surface area contributed by atoms with E-state index >= 15 is 0 Å². The molecule has 1 aliphatic heterocycles. The summed E-state index contributed by atoms with van der Waals surface area (Å²) in [7, 11) is 0. The van der Waals surface area contributed by atoms with E-state index in [9.17, 15) is 14.3 Å².